The number of hydrogen-bond donors (Lipinski definition) is 1. The van der Waals surface area contributed by atoms with Crippen LogP contribution in [-0.4, -0.2) is 10.7 Å². The highest BCUT2D eigenvalue weighted by molar-refractivity contribution is 7.09. The molecule has 2 aromatic rings. The van der Waals surface area contributed by atoms with Crippen molar-refractivity contribution in [3.63, 3.8) is 0 Å². The maximum Gasteiger partial charge on any atom is 0.0696 e. The molecule has 1 saturated carbocycles. The Morgan fingerprint density at radius 2 is 1.79 bits per heavy atom. The highest BCUT2D eigenvalue weighted by atomic mass is 32.1. The maximum absolute atomic E-state index is 10.7. The number of hydrogen-bond acceptors (Lipinski definition) is 2. The third kappa shape index (κ3) is 3.07. The second-order valence-electron chi connectivity index (χ2n) is 5.67. The van der Waals surface area contributed by atoms with Gasteiger partial charge in [0.2, 0.25) is 0 Å². The number of thiophene rings is 1. The third-order valence-electron chi connectivity index (χ3n) is 4.27. The molecular formula is C17H20OS. The van der Waals surface area contributed by atoms with Gasteiger partial charge < -0.3 is 5.11 Å². The summed E-state index contributed by atoms with van der Waals surface area (Å²) in [7, 11) is 0. The van der Waals surface area contributed by atoms with Crippen molar-refractivity contribution in [3.05, 3.63) is 58.3 Å². The van der Waals surface area contributed by atoms with E-state index in [4.69, 9.17) is 0 Å². The molecule has 1 aliphatic carbocycles. The molecule has 1 N–H and O–H groups in total. The number of benzene rings is 1. The Labute approximate surface area is 118 Å². The summed E-state index contributed by atoms with van der Waals surface area (Å²) in [6.07, 6.45) is 4.87. The summed E-state index contributed by atoms with van der Waals surface area (Å²) in [6, 6.07) is 14.9. The largest absolute Gasteiger partial charge is 0.390 e. The molecular weight excluding hydrogens is 252 g/mol. The first kappa shape index (κ1) is 12.9. The molecule has 0 radical (unpaired) electrons. The van der Waals surface area contributed by atoms with E-state index < -0.39 is 5.60 Å². The molecule has 0 atom stereocenters. The van der Waals surface area contributed by atoms with Crippen LogP contribution in [0.25, 0.3) is 0 Å². The smallest absolute Gasteiger partial charge is 0.0696 e. The van der Waals surface area contributed by atoms with Crippen molar-refractivity contribution in [1.82, 2.24) is 0 Å². The predicted molar refractivity (Wildman–Crippen MR) is 80.6 cm³/mol. The van der Waals surface area contributed by atoms with Gasteiger partial charge in [-0.3, -0.25) is 0 Å². The molecule has 3 rings (SSSR count). The standard InChI is InChI=1S/C17H20OS/c18-17(13-16-7-4-12-19-16)10-8-15(9-11-17)14-5-2-1-3-6-14/h1-7,12,15,18H,8-11,13H2. The van der Waals surface area contributed by atoms with E-state index in [1.165, 1.54) is 10.4 Å². The molecule has 100 valence electrons. The lowest BCUT2D eigenvalue weighted by molar-refractivity contribution is 0.000224. The van der Waals surface area contributed by atoms with Crippen LogP contribution in [0.2, 0.25) is 0 Å². The van der Waals surface area contributed by atoms with E-state index in [2.05, 4.69) is 47.8 Å². The van der Waals surface area contributed by atoms with Crippen molar-refractivity contribution in [1.29, 1.82) is 0 Å². The third-order valence-corrected chi connectivity index (χ3v) is 5.15. The van der Waals surface area contributed by atoms with Crippen LogP contribution in [0.15, 0.2) is 47.8 Å². The molecule has 1 aromatic carbocycles. The Kier molecular flexibility index (Phi) is 3.72. The van der Waals surface area contributed by atoms with Gasteiger partial charge in [0, 0.05) is 11.3 Å². The van der Waals surface area contributed by atoms with Crippen molar-refractivity contribution in [2.75, 3.05) is 0 Å². The van der Waals surface area contributed by atoms with Crippen LogP contribution < -0.4 is 0 Å². The summed E-state index contributed by atoms with van der Waals surface area (Å²) in [6.45, 7) is 0. The van der Waals surface area contributed by atoms with Crippen molar-refractivity contribution in [3.8, 4) is 0 Å². The lowest BCUT2D eigenvalue weighted by atomic mass is 9.74. The van der Waals surface area contributed by atoms with E-state index in [9.17, 15) is 5.11 Å². The van der Waals surface area contributed by atoms with Gasteiger partial charge in [0.15, 0.2) is 0 Å². The first-order chi connectivity index (χ1) is 9.25. The molecule has 1 heterocycles. The normalized spacial score (nSPS) is 27.3. The van der Waals surface area contributed by atoms with Gasteiger partial charge in [0.05, 0.1) is 5.60 Å². The molecule has 0 bridgehead atoms. The SMILES string of the molecule is OC1(Cc2cccs2)CCC(c2ccccc2)CC1. The van der Waals surface area contributed by atoms with Crippen LogP contribution in [-0.2, 0) is 6.42 Å². The molecule has 0 saturated heterocycles. The van der Waals surface area contributed by atoms with Gasteiger partial charge >= 0.3 is 0 Å². The zero-order valence-electron chi connectivity index (χ0n) is 11.1. The Morgan fingerprint density at radius 1 is 1.05 bits per heavy atom. The summed E-state index contributed by atoms with van der Waals surface area (Å²) in [5.74, 6) is 0.629. The van der Waals surface area contributed by atoms with E-state index in [-0.39, 0.29) is 0 Å². The topological polar surface area (TPSA) is 20.2 Å². The highest BCUT2D eigenvalue weighted by Gasteiger charge is 2.33. The van der Waals surface area contributed by atoms with Crippen molar-refractivity contribution >= 4 is 11.3 Å². The van der Waals surface area contributed by atoms with E-state index >= 15 is 0 Å². The molecule has 2 heteroatoms. The number of aliphatic hydroxyl groups is 1. The summed E-state index contributed by atoms with van der Waals surface area (Å²) < 4.78 is 0. The van der Waals surface area contributed by atoms with Gasteiger partial charge in [-0.1, -0.05) is 36.4 Å². The average molecular weight is 272 g/mol. The van der Waals surface area contributed by atoms with Crippen LogP contribution >= 0.6 is 11.3 Å². The van der Waals surface area contributed by atoms with E-state index in [1.54, 1.807) is 11.3 Å². The minimum absolute atomic E-state index is 0.476. The van der Waals surface area contributed by atoms with Crippen LogP contribution in [0.4, 0.5) is 0 Å². The average Bonchev–Trinajstić information content (AvgIpc) is 2.93. The molecule has 1 aliphatic rings. The lowest BCUT2D eigenvalue weighted by Gasteiger charge is -2.36. The summed E-state index contributed by atoms with van der Waals surface area (Å²) in [4.78, 5) is 1.31. The first-order valence-electron chi connectivity index (χ1n) is 7.05. The molecule has 1 fully saturated rings. The predicted octanol–water partition coefficient (Wildman–Crippen LogP) is 4.38. The van der Waals surface area contributed by atoms with Crippen LogP contribution in [0, 0.1) is 0 Å². The Balaban J connectivity index is 1.62. The second-order valence-corrected chi connectivity index (χ2v) is 6.70. The van der Waals surface area contributed by atoms with Gasteiger partial charge in [0.1, 0.15) is 0 Å². The molecule has 1 nitrogen and oxygen atoms in total. The van der Waals surface area contributed by atoms with Crippen molar-refractivity contribution in [2.45, 2.75) is 43.6 Å². The van der Waals surface area contributed by atoms with Crippen LogP contribution in [0.3, 0.4) is 0 Å². The molecule has 0 aliphatic heterocycles. The Bertz CT molecular complexity index is 495. The fourth-order valence-corrected chi connectivity index (χ4v) is 3.97. The quantitative estimate of drug-likeness (QED) is 0.879. The molecule has 0 unspecified atom stereocenters. The van der Waals surface area contributed by atoms with Gasteiger partial charge in [-0.2, -0.15) is 0 Å². The fraction of sp³-hybridized carbons (Fsp3) is 0.412. The molecule has 0 amide bonds. The van der Waals surface area contributed by atoms with Crippen LogP contribution in [0.5, 0.6) is 0 Å². The van der Waals surface area contributed by atoms with Gasteiger partial charge in [-0.05, 0) is 48.6 Å². The zero-order chi connectivity index (χ0) is 13.1. The van der Waals surface area contributed by atoms with E-state index in [0.717, 1.165) is 32.1 Å². The van der Waals surface area contributed by atoms with E-state index in [1.807, 2.05) is 0 Å². The van der Waals surface area contributed by atoms with Gasteiger partial charge in [0.25, 0.3) is 0 Å². The maximum atomic E-state index is 10.7. The van der Waals surface area contributed by atoms with Crippen LogP contribution in [0.1, 0.15) is 42.0 Å². The monoisotopic (exact) mass is 272 g/mol. The molecule has 19 heavy (non-hydrogen) atoms. The number of rotatable bonds is 3. The van der Waals surface area contributed by atoms with E-state index in [0.29, 0.717) is 5.92 Å². The van der Waals surface area contributed by atoms with Crippen molar-refractivity contribution in [2.24, 2.45) is 0 Å². The minimum Gasteiger partial charge on any atom is -0.390 e. The Morgan fingerprint density at radius 3 is 2.42 bits per heavy atom. The molecule has 1 aromatic heterocycles. The lowest BCUT2D eigenvalue weighted by Crippen LogP contribution is -2.35. The summed E-state index contributed by atoms with van der Waals surface area (Å²) in [5.41, 5.74) is 0.955. The summed E-state index contributed by atoms with van der Waals surface area (Å²) >= 11 is 1.75. The highest BCUT2D eigenvalue weighted by Crippen LogP contribution is 2.39. The molecule has 0 spiro atoms. The van der Waals surface area contributed by atoms with Gasteiger partial charge in [-0.15, -0.1) is 11.3 Å². The summed E-state index contributed by atoms with van der Waals surface area (Å²) in [5, 5.41) is 12.8. The van der Waals surface area contributed by atoms with Gasteiger partial charge in [-0.25, -0.2) is 0 Å². The first-order valence-corrected chi connectivity index (χ1v) is 7.93. The minimum atomic E-state index is -0.476. The second kappa shape index (κ2) is 5.48. The van der Waals surface area contributed by atoms with Crippen molar-refractivity contribution < 1.29 is 5.11 Å². The zero-order valence-corrected chi connectivity index (χ0v) is 11.9. The Hall–Kier alpha value is -1.12. The fourth-order valence-electron chi connectivity index (χ4n) is 3.13.